The monoisotopic (exact) mass is 403 g/mol. The van der Waals surface area contributed by atoms with Crippen molar-refractivity contribution in [1.82, 2.24) is 5.32 Å². The van der Waals surface area contributed by atoms with Crippen LogP contribution in [0.25, 0.3) is 0 Å². The van der Waals surface area contributed by atoms with Gasteiger partial charge in [0.1, 0.15) is 12.4 Å². The van der Waals surface area contributed by atoms with Gasteiger partial charge in [0.2, 0.25) is 0 Å². The first-order chi connectivity index (χ1) is 13.4. The van der Waals surface area contributed by atoms with Gasteiger partial charge in [-0.25, -0.2) is 0 Å². The van der Waals surface area contributed by atoms with E-state index in [1.807, 2.05) is 6.92 Å². The van der Waals surface area contributed by atoms with Crippen molar-refractivity contribution < 1.29 is 19.2 Å². The lowest BCUT2D eigenvalue weighted by molar-refractivity contribution is -0.384. The average Bonchev–Trinajstić information content (AvgIpc) is 2.67. The molecule has 2 N–H and O–H groups in total. The van der Waals surface area contributed by atoms with Crippen molar-refractivity contribution in [3.05, 3.63) is 63.7 Å². The molecule has 0 aliphatic rings. The number of rotatable bonds is 8. The van der Waals surface area contributed by atoms with Crippen molar-refractivity contribution >= 4 is 34.6 Å². The van der Waals surface area contributed by atoms with Gasteiger partial charge in [0.25, 0.3) is 11.6 Å². The highest BCUT2D eigenvalue weighted by molar-refractivity contribution is 7.80. The van der Waals surface area contributed by atoms with Crippen LogP contribution in [0.5, 0.6) is 5.75 Å². The average molecular weight is 403 g/mol. The Balaban J connectivity index is 1.98. The van der Waals surface area contributed by atoms with Gasteiger partial charge in [0.05, 0.1) is 11.5 Å². The fourth-order valence-electron chi connectivity index (χ4n) is 2.28. The second kappa shape index (κ2) is 10.3. The summed E-state index contributed by atoms with van der Waals surface area (Å²) in [6.45, 7) is 5.13. The number of carbonyl (C=O) groups is 1. The van der Waals surface area contributed by atoms with Crippen molar-refractivity contribution in [2.24, 2.45) is 0 Å². The fourth-order valence-corrected chi connectivity index (χ4v) is 2.48. The number of carbonyl (C=O) groups excluding carboxylic acids is 1. The highest BCUT2D eigenvalue weighted by Gasteiger charge is 2.12. The molecule has 2 aromatic rings. The van der Waals surface area contributed by atoms with E-state index < -0.39 is 10.8 Å². The standard InChI is InChI=1S/C19H21N3O5S/c1-3-26-9-10-27-16-6-4-5-14(11-16)18(23)21-19(28)20-17-12-15(22(24)25)8-7-13(17)2/h4-8,11-12H,3,9-10H2,1-2H3,(H2,20,21,23,28). The zero-order chi connectivity index (χ0) is 20.5. The maximum Gasteiger partial charge on any atom is 0.271 e. The number of hydrogen-bond acceptors (Lipinski definition) is 6. The molecule has 0 spiro atoms. The Morgan fingerprint density at radius 3 is 2.71 bits per heavy atom. The summed E-state index contributed by atoms with van der Waals surface area (Å²) in [4.78, 5) is 22.8. The minimum atomic E-state index is -0.497. The number of hydrogen-bond donors (Lipinski definition) is 2. The van der Waals surface area contributed by atoms with Crippen LogP contribution in [0, 0.1) is 17.0 Å². The van der Waals surface area contributed by atoms with Crippen LogP contribution in [-0.2, 0) is 4.74 Å². The molecule has 0 bridgehead atoms. The van der Waals surface area contributed by atoms with Crippen molar-refractivity contribution in [2.75, 3.05) is 25.1 Å². The summed E-state index contributed by atoms with van der Waals surface area (Å²) < 4.78 is 10.7. The Hall–Kier alpha value is -3.04. The maximum atomic E-state index is 12.4. The van der Waals surface area contributed by atoms with E-state index in [1.54, 1.807) is 37.3 Å². The summed E-state index contributed by atoms with van der Waals surface area (Å²) in [7, 11) is 0. The van der Waals surface area contributed by atoms with Gasteiger partial charge in [-0.05, 0) is 49.8 Å². The van der Waals surface area contributed by atoms with Crippen LogP contribution in [-0.4, -0.2) is 35.8 Å². The zero-order valence-electron chi connectivity index (χ0n) is 15.6. The first-order valence-electron chi connectivity index (χ1n) is 8.58. The number of nitro benzene ring substituents is 1. The van der Waals surface area contributed by atoms with Gasteiger partial charge >= 0.3 is 0 Å². The zero-order valence-corrected chi connectivity index (χ0v) is 16.4. The largest absolute Gasteiger partial charge is 0.491 e. The summed E-state index contributed by atoms with van der Waals surface area (Å²) in [5, 5.41) is 16.3. The first kappa shape index (κ1) is 21.3. The number of non-ortho nitro benzene ring substituents is 1. The highest BCUT2D eigenvalue weighted by atomic mass is 32.1. The lowest BCUT2D eigenvalue weighted by atomic mass is 10.2. The number of amides is 1. The number of ether oxygens (including phenoxy) is 2. The van der Waals surface area contributed by atoms with E-state index in [4.69, 9.17) is 21.7 Å². The number of aryl methyl sites for hydroxylation is 1. The van der Waals surface area contributed by atoms with Crippen LogP contribution in [0.15, 0.2) is 42.5 Å². The third-order valence-corrected chi connectivity index (χ3v) is 3.91. The lowest BCUT2D eigenvalue weighted by Gasteiger charge is -2.12. The summed E-state index contributed by atoms with van der Waals surface area (Å²) in [6, 6.07) is 11.0. The number of benzene rings is 2. The van der Waals surface area contributed by atoms with E-state index >= 15 is 0 Å². The van der Waals surface area contributed by atoms with E-state index in [0.29, 0.717) is 36.8 Å². The van der Waals surface area contributed by atoms with E-state index in [9.17, 15) is 14.9 Å². The minimum absolute atomic E-state index is 0.0382. The Labute approximate surface area is 168 Å². The molecule has 0 aromatic heterocycles. The lowest BCUT2D eigenvalue weighted by Crippen LogP contribution is -2.34. The molecule has 0 saturated carbocycles. The summed E-state index contributed by atoms with van der Waals surface area (Å²) in [5.74, 6) is 0.122. The number of thiocarbonyl (C=S) groups is 1. The molecule has 2 rings (SSSR count). The van der Waals surface area contributed by atoms with Crippen LogP contribution in [0.2, 0.25) is 0 Å². The van der Waals surface area contributed by atoms with Crippen LogP contribution in [0.3, 0.4) is 0 Å². The van der Waals surface area contributed by atoms with Gasteiger partial charge in [-0.3, -0.25) is 20.2 Å². The molecule has 0 radical (unpaired) electrons. The highest BCUT2D eigenvalue weighted by Crippen LogP contribution is 2.21. The van der Waals surface area contributed by atoms with Crippen molar-refractivity contribution in [3.63, 3.8) is 0 Å². The van der Waals surface area contributed by atoms with Crippen LogP contribution in [0.1, 0.15) is 22.8 Å². The molecule has 8 nitrogen and oxygen atoms in total. The van der Waals surface area contributed by atoms with E-state index in [1.165, 1.54) is 12.1 Å². The van der Waals surface area contributed by atoms with Gasteiger partial charge in [-0.2, -0.15) is 0 Å². The third-order valence-electron chi connectivity index (χ3n) is 3.70. The molecule has 0 heterocycles. The first-order valence-corrected chi connectivity index (χ1v) is 8.99. The quantitative estimate of drug-likeness (QED) is 0.301. The number of nitro groups is 1. The molecule has 9 heteroatoms. The molecule has 148 valence electrons. The predicted octanol–water partition coefficient (Wildman–Crippen LogP) is 3.45. The van der Waals surface area contributed by atoms with Gasteiger partial charge in [-0.15, -0.1) is 0 Å². The van der Waals surface area contributed by atoms with Crippen LogP contribution in [0.4, 0.5) is 11.4 Å². The molecule has 0 saturated heterocycles. The second-order valence-electron chi connectivity index (χ2n) is 5.74. The molecule has 2 aromatic carbocycles. The topological polar surface area (TPSA) is 103 Å². The Morgan fingerprint density at radius 2 is 2.00 bits per heavy atom. The number of nitrogens with one attached hydrogen (secondary N) is 2. The summed E-state index contributed by atoms with van der Waals surface area (Å²) in [5.41, 5.74) is 1.51. The SMILES string of the molecule is CCOCCOc1cccc(C(=O)NC(=S)Nc2cc([N+](=O)[O-])ccc2C)c1. The smallest absolute Gasteiger partial charge is 0.271 e. The minimum Gasteiger partial charge on any atom is -0.491 e. The van der Waals surface area contributed by atoms with E-state index in [-0.39, 0.29) is 10.8 Å². The molecule has 1 amide bonds. The normalized spacial score (nSPS) is 10.2. The number of nitrogens with zero attached hydrogens (tertiary/aromatic N) is 1. The summed E-state index contributed by atoms with van der Waals surface area (Å²) >= 11 is 5.15. The van der Waals surface area contributed by atoms with Crippen LogP contribution >= 0.6 is 12.2 Å². The fraction of sp³-hybridized carbons (Fsp3) is 0.263. The van der Waals surface area contributed by atoms with E-state index in [2.05, 4.69) is 10.6 Å². The van der Waals surface area contributed by atoms with Gasteiger partial charge in [0.15, 0.2) is 5.11 Å². The Bertz CT molecular complexity index is 872. The van der Waals surface area contributed by atoms with Gasteiger partial charge in [-0.1, -0.05) is 12.1 Å². The molecule has 0 aliphatic heterocycles. The maximum absolute atomic E-state index is 12.4. The van der Waals surface area contributed by atoms with Crippen molar-refractivity contribution in [3.8, 4) is 5.75 Å². The third kappa shape index (κ3) is 6.29. The summed E-state index contributed by atoms with van der Waals surface area (Å²) in [6.07, 6.45) is 0. The number of anilines is 1. The molecule has 0 aliphatic carbocycles. The van der Waals surface area contributed by atoms with Gasteiger partial charge < -0.3 is 14.8 Å². The molecule has 0 atom stereocenters. The predicted molar refractivity (Wildman–Crippen MR) is 110 cm³/mol. The van der Waals surface area contributed by atoms with Crippen LogP contribution < -0.4 is 15.4 Å². The van der Waals surface area contributed by atoms with Crippen molar-refractivity contribution in [2.45, 2.75) is 13.8 Å². The van der Waals surface area contributed by atoms with E-state index in [0.717, 1.165) is 5.56 Å². The Kier molecular flexibility index (Phi) is 7.85. The van der Waals surface area contributed by atoms with Crippen molar-refractivity contribution in [1.29, 1.82) is 0 Å². The second-order valence-corrected chi connectivity index (χ2v) is 6.15. The van der Waals surface area contributed by atoms with Gasteiger partial charge in [0, 0.05) is 30.0 Å². The Morgan fingerprint density at radius 1 is 1.21 bits per heavy atom. The molecular formula is C19H21N3O5S. The molecule has 28 heavy (non-hydrogen) atoms. The molecule has 0 fully saturated rings. The molecule has 0 unspecified atom stereocenters. The molecular weight excluding hydrogens is 382 g/mol.